The van der Waals surface area contributed by atoms with Gasteiger partial charge < -0.3 is 10.1 Å². The minimum absolute atomic E-state index is 0.181. The van der Waals surface area contributed by atoms with E-state index in [1.54, 1.807) is 24.9 Å². The van der Waals surface area contributed by atoms with E-state index in [1.807, 2.05) is 59.3 Å². The van der Waals surface area contributed by atoms with Gasteiger partial charge in [-0.15, -0.1) is 10.2 Å². The summed E-state index contributed by atoms with van der Waals surface area (Å²) in [5.74, 6) is 2.19. The molecule has 0 fully saturated rings. The number of nitrogens with zero attached hydrogens (tertiary/aromatic N) is 3. The molecule has 0 spiro atoms. The Labute approximate surface area is 162 Å². The molecule has 0 saturated heterocycles. The Kier molecular flexibility index (Phi) is 6.49. The lowest BCUT2D eigenvalue weighted by Crippen LogP contribution is -2.29. The van der Waals surface area contributed by atoms with Gasteiger partial charge in [0.25, 0.3) is 0 Å². The van der Waals surface area contributed by atoms with Crippen LogP contribution in [0, 0.1) is 0 Å². The summed E-state index contributed by atoms with van der Waals surface area (Å²) in [5.41, 5.74) is 1.62. The summed E-state index contributed by atoms with van der Waals surface area (Å²) in [7, 11) is 1.61. The third-order valence-corrected chi connectivity index (χ3v) is 4.78. The van der Waals surface area contributed by atoms with Crippen LogP contribution in [0.5, 0.6) is 5.75 Å². The molecule has 6 nitrogen and oxygen atoms in total. The number of ether oxygens (including phenoxy) is 1. The lowest BCUT2D eigenvalue weighted by molar-refractivity contribution is -0.117. The fraction of sp³-hybridized carbons (Fsp3) is 0.250. The zero-order chi connectivity index (χ0) is 19.1. The zero-order valence-corrected chi connectivity index (χ0v) is 16.1. The molecule has 2 heterocycles. The summed E-state index contributed by atoms with van der Waals surface area (Å²) in [6.07, 6.45) is 8.00. The van der Waals surface area contributed by atoms with Crippen LogP contribution in [0.2, 0.25) is 0 Å². The number of amides is 1. The second kappa shape index (κ2) is 9.23. The average molecular weight is 382 g/mol. The fourth-order valence-corrected chi connectivity index (χ4v) is 3.26. The van der Waals surface area contributed by atoms with Crippen molar-refractivity contribution < 1.29 is 9.53 Å². The largest absolute Gasteiger partial charge is 0.496 e. The number of para-hydroxylation sites is 1. The number of thioether (sulfide) groups is 1. The van der Waals surface area contributed by atoms with Crippen molar-refractivity contribution in [3.8, 4) is 5.75 Å². The number of pyridine rings is 1. The number of nitrogens with one attached hydrogen (secondary N) is 1. The van der Waals surface area contributed by atoms with Crippen LogP contribution in [0.4, 0.5) is 0 Å². The van der Waals surface area contributed by atoms with E-state index in [0.29, 0.717) is 0 Å². The van der Waals surface area contributed by atoms with Crippen LogP contribution in [0.25, 0.3) is 11.7 Å². The molecule has 140 valence electrons. The van der Waals surface area contributed by atoms with E-state index in [2.05, 4.69) is 15.5 Å². The summed E-state index contributed by atoms with van der Waals surface area (Å²) in [6.45, 7) is 0. The van der Waals surface area contributed by atoms with Gasteiger partial charge in [0.2, 0.25) is 5.91 Å². The molecule has 1 unspecified atom stereocenters. The molecule has 0 aliphatic rings. The lowest BCUT2D eigenvalue weighted by atomic mass is 10.1. The minimum atomic E-state index is -0.218. The smallest absolute Gasteiger partial charge is 0.244 e. The second-order valence-corrected chi connectivity index (χ2v) is 6.89. The van der Waals surface area contributed by atoms with Crippen molar-refractivity contribution in [2.75, 3.05) is 19.1 Å². The van der Waals surface area contributed by atoms with Gasteiger partial charge in [0.05, 0.1) is 13.2 Å². The molecule has 0 radical (unpaired) electrons. The topological polar surface area (TPSA) is 68.5 Å². The molecule has 3 aromatic rings. The maximum Gasteiger partial charge on any atom is 0.244 e. The number of hydrogen-bond acceptors (Lipinski definition) is 5. The monoisotopic (exact) mass is 382 g/mol. The molecule has 27 heavy (non-hydrogen) atoms. The molecular formula is C20H22N4O2S. The van der Waals surface area contributed by atoms with E-state index < -0.39 is 0 Å². The molecule has 1 amide bonds. The van der Waals surface area contributed by atoms with Gasteiger partial charge in [-0.1, -0.05) is 24.3 Å². The molecule has 1 aromatic carbocycles. The van der Waals surface area contributed by atoms with Crippen molar-refractivity contribution in [2.24, 2.45) is 0 Å². The lowest BCUT2D eigenvalue weighted by Gasteiger charge is -2.16. The third kappa shape index (κ3) is 4.68. The molecule has 0 bridgehead atoms. The van der Waals surface area contributed by atoms with Crippen LogP contribution in [-0.2, 0) is 4.79 Å². The van der Waals surface area contributed by atoms with E-state index in [4.69, 9.17) is 4.74 Å². The minimum Gasteiger partial charge on any atom is -0.496 e. The van der Waals surface area contributed by atoms with Crippen molar-refractivity contribution >= 4 is 29.4 Å². The average Bonchev–Trinajstić information content (AvgIpc) is 3.14. The Balaban J connectivity index is 1.78. The highest BCUT2D eigenvalue weighted by Gasteiger charge is 2.19. The van der Waals surface area contributed by atoms with Gasteiger partial charge in [0.1, 0.15) is 5.75 Å². The molecule has 0 aliphatic carbocycles. The number of benzene rings is 1. The van der Waals surface area contributed by atoms with Crippen molar-refractivity contribution in [2.45, 2.75) is 12.5 Å². The maximum absolute atomic E-state index is 12.5. The van der Waals surface area contributed by atoms with Crippen molar-refractivity contribution in [3.05, 3.63) is 66.1 Å². The van der Waals surface area contributed by atoms with E-state index in [-0.39, 0.29) is 11.9 Å². The number of methoxy groups -OCH3 is 1. The van der Waals surface area contributed by atoms with Crippen LogP contribution < -0.4 is 10.1 Å². The Morgan fingerprint density at radius 1 is 1.26 bits per heavy atom. The molecular weight excluding hydrogens is 360 g/mol. The first kappa shape index (κ1) is 19.0. The Morgan fingerprint density at radius 2 is 2.07 bits per heavy atom. The number of carbonyl (C=O) groups is 1. The van der Waals surface area contributed by atoms with Crippen LogP contribution in [-0.4, -0.2) is 39.6 Å². The first-order valence-electron chi connectivity index (χ1n) is 8.63. The van der Waals surface area contributed by atoms with Gasteiger partial charge in [-0.05, 0) is 42.7 Å². The molecule has 0 saturated carbocycles. The van der Waals surface area contributed by atoms with Crippen LogP contribution in [0.3, 0.4) is 0 Å². The second-order valence-electron chi connectivity index (χ2n) is 5.90. The quantitative estimate of drug-likeness (QED) is 0.605. The first-order valence-corrected chi connectivity index (χ1v) is 10.0. The normalized spacial score (nSPS) is 12.4. The third-order valence-electron chi connectivity index (χ3n) is 4.13. The van der Waals surface area contributed by atoms with Crippen LogP contribution >= 0.6 is 11.8 Å². The zero-order valence-electron chi connectivity index (χ0n) is 15.3. The van der Waals surface area contributed by atoms with Gasteiger partial charge in [-0.2, -0.15) is 11.8 Å². The summed E-state index contributed by atoms with van der Waals surface area (Å²) < 4.78 is 7.22. The maximum atomic E-state index is 12.5. The molecule has 1 atom stereocenters. The highest BCUT2D eigenvalue weighted by Crippen LogP contribution is 2.20. The number of carbonyl (C=O) groups excluding carboxylic acids is 1. The van der Waals surface area contributed by atoms with Crippen molar-refractivity contribution in [1.29, 1.82) is 0 Å². The number of hydrogen-bond donors (Lipinski definition) is 1. The first-order chi connectivity index (χ1) is 13.2. The van der Waals surface area contributed by atoms with Gasteiger partial charge in [0, 0.05) is 17.8 Å². The summed E-state index contributed by atoms with van der Waals surface area (Å²) >= 11 is 1.73. The predicted octanol–water partition coefficient (Wildman–Crippen LogP) is 3.36. The van der Waals surface area contributed by atoms with E-state index >= 15 is 0 Å². The fourth-order valence-electron chi connectivity index (χ4n) is 2.79. The van der Waals surface area contributed by atoms with E-state index in [0.717, 1.165) is 35.0 Å². The molecule has 7 heteroatoms. The summed E-state index contributed by atoms with van der Waals surface area (Å²) in [5, 5.41) is 11.5. The molecule has 1 N–H and O–H groups in total. The Bertz CT molecular complexity index is 938. The van der Waals surface area contributed by atoms with Gasteiger partial charge >= 0.3 is 0 Å². The van der Waals surface area contributed by atoms with Crippen molar-refractivity contribution in [1.82, 2.24) is 19.9 Å². The SMILES string of the molecule is COc1ccccc1/C=C/C(=O)NC(CCSC)c1nnc2ccccn12. The molecule has 2 aromatic heterocycles. The van der Waals surface area contributed by atoms with Crippen LogP contribution in [0.1, 0.15) is 23.9 Å². The number of aromatic nitrogens is 3. The predicted molar refractivity (Wildman–Crippen MR) is 109 cm³/mol. The highest BCUT2D eigenvalue weighted by molar-refractivity contribution is 7.98. The highest BCUT2D eigenvalue weighted by atomic mass is 32.2. The molecule has 3 rings (SSSR count). The van der Waals surface area contributed by atoms with Gasteiger partial charge in [0.15, 0.2) is 11.5 Å². The number of rotatable bonds is 8. The Morgan fingerprint density at radius 3 is 2.89 bits per heavy atom. The number of fused-ring (bicyclic) bond motifs is 1. The Hall–Kier alpha value is -2.80. The van der Waals surface area contributed by atoms with E-state index in [1.165, 1.54) is 6.08 Å². The van der Waals surface area contributed by atoms with E-state index in [9.17, 15) is 4.79 Å². The van der Waals surface area contributed by atoms with Crippen LogP contribution in [0.15, 0.2) is 54.7 Å². The molecule has 0 aliphatic heterocycles. The standard InChI is InChI=1S/C20H22N4O2S/c1-26-17-8-4-3-7-15(17)10-11-19(25)21-16(12-14-27-2)20-23-22-18-9-5-6-13-24(18)20/h3-11,13,16H,12,14H2,1-2H3,(H,21,25)/b11-10+. The van der Waals surface area contributed by atoms with Gasteiger partial charge in [-0.3, -0.25) is 9.20 Å². The van der Waals surface area contributed by atoms with Gasteiger partial charge in [-0.25, -0.2) is 0 Å². The van der Waals surface area contributed by atoms with Crippen molar-refractivity contribution in [3.63, 3.8) is 0 Å². The summed E-state index contributed by atoms with van der Waals surface area (Å²) in [4.78, 5) is 12.5. The summed E-state index contributed by atoms with van der Waals surface area (Å²) in [6, 6.07) is 13.1.